The van der Waals surface area contributed by atoms with E-state index in [1.807, 2.05) is 36.0 Å². The van der Waals surface area contributed by atoms with E-state index >= 15 is 0 Å². The minimum atomic E-state index is 0.576. The van der Waals surface area contributed by atoms with Crippen LogP contribution in [0.15, 0.2) is 58.4 Å². The fourth-order valence-corrected chi connectivity index (χ4v) is 3.41. The average molecular weight is 402 g/mol. The number of ether oxygens (including phenoxy) is 3. The molecule has 28 heavy (non-hydrogen) atoms. The molecule has 3 rings (SSSR count). The zero-order chi connectivity index (χ0) is 19.4. The maximum absolute atomic E-state index is 5.77. The summed E-state index contributed by atoms with van der Waals surface area (Å²) in [6, 6.07) is 16.2. The van der Waals surface area contributed by atoms with E-state index in [0.717, 1.165) is 41.9 Å². The highest BCUT2D eigenvalue weighted by atomic mass is 32.2. The molecule has 2 N–H and O–H groups in total. The van der Waals surface area contributed by atoms with E-state index in [0.29, 0.717) is 26.4 Å². The molecule has 1 aliphatic heterocycles. The molecule has 1 aliphatic rings. The molecule has 0 aliphatic carbocycles. The van der Waals surface area contributed by atoms with Crippen molar-refractivity contribution in [2.75, 3.05) is 51.1 Å². The first-order valence-electron chi connectivity index (χ1n) is 9.47. The molecule has 0 fully saturated rings. The number of hydrogen-bond acceptors (Lipinski definition) is 5. The number of methoxy groups -OCH3 is 1. The van der Waals surface area contributed by atoms with Gasteiger partial charge in [-0.1, -0.05) is 18.2 Å². The van der Waals surface area contributed by atoms with Crippen molar-refractivity contribution >= 4 is 23.4 Å². The third kappa shape index (κ3) is 6.65. The summed E-state index contributed by atoms with van der Waals surface area (Å²) in [5.41, 5.74) is 0.906. The Labute approximate surface area is 170 Å². The fraction of sp³-hybridized carbons (Fsp3) is 0.381. The summed E-state index contributed by atoms with van der Waals surface area (Å²) in [6.45, 7) is 3.31. The van der Waals surface area contributed by atoms with E-state index in [1.165, 1.54) is 4.90 Å². The molecule has 0 saturated heterocycles. The van der Waals surface area contributed by atoms with E-state index in [-0.39, 0.29) is 0 Å². The molecule has 0 aromatic heterocycles. The van der Waals surface area contributed by atoms with Gasteiger partial charge in [0.05, 0.1) is 26.4 Å². The molecule has 0 bridgehead atoms. The van der Waals surface area contributed by atoms with Gasteiger partial charge in [-0.3, -0.25) is 4.99 Å². The molecule has 2 aromatic carbocycles. The molecular formula is C21H27N3O3S. The number of nitrogens with zero attached hydrogens (tertiary/aromatic N) is 1. The molecule has 0 unspecified atom stereocenters. The van der Waals surface area contributed by atoms with Crippen molar-refractivity contribution in [2.24, 2.45) is 4.99 Å². The van der Waals surface area contributed by atoms with E-state index in [1.54, 1.807) is 7.11 Å². The van der Waals surface area contributed by atoms with Crippen LogP contribution < -0.4 is 20.1 Å². The van der Waals surface area contributed by atoms with Gasteiger partial charge in [0, 0.05) is 42.5 Å². The first kappa shape index (κ1) is 20.4. The topological polar surface area (TPSA) is 64.1 Å². The van der Waals surface area contributed by atoms with E-state index in [4.69, 9.17) is 14.2 Å². The molecule has 150 valence electrons. The summed E-state index contributed by atoms with van der Waals surface area (Å²) in [5.74, 6) is 3.21. The maximum Gasteiger partial charge on any atom is 0.195 e. The smallest absolute Gasteiger partial charge is 0.195 e. The Morgan fingerprint density at radius 2 is 1.93 bits per heavy atom. The van der Waals surface area contributed by atoms with Crippen molar-refractivity contribution in [1.82, 2.24) is 5.32 Å². The van der Waals surface area contributed by atoms with E-state index in [2.05, 4.69) is 39.9 Å². The fourth-order valence-electron chi connectivity index (χ4n) is 2.62. The molecule has 7 heteroatoms. The van der Waals surface area contributed by atoms with Gasteiger partial charge in [-0.15, -0.1) is 11.8 Å². The van der Waals surface area contributed by atoms with Crippen LogP contribution in [-0.2, 0) is 4.74 Å². The van der Waals surface area contributed by atoms with E-state index < -0.39 is 0 Å². The lowest BCUT2D eigenvalue weighted by Gasteiger charge is -2.14. The summed E-state index contributed by atoms with van der Waals surface area (Å²) in [7, 11) is 1.68. The van der Waals surface area contributed by atoms with Crippen LogP contribution in [0.5, 0.6) is 11.5 Å². The second kappa shape index (κ2) is 11.5. The van der Waals surface area contributed by atoms with Crippen molar-refractivity contribution in [2.45, 2.75) is 11.3 Å². The second-order valence-corrected chi connectivity index (χ2v) is 7.32. The van der Waals surface area contributed by atoms with Gasteiger partial charge >= 0.3 is 0 Å². The van der Waals surface area contributed by atoms with Crippen LogP contribution in [0.2, 0.25) is 0 Å². The Morgan fingerprint density at radius 3 is 2.75 bits per heavy atom. The largest absolute Gasteiger partial charge is 0.490 e. The predicted octanol–water partition coefficient (Wildman–Crippen LogP) is 3.64. The Bertz CT molecular complexity index is 756. The zero-order valence-electron chi connectivity index (χ0n) is 16.1. The molecule has 0 atom stereocenters. The highest BCUT2D eigenvalue weighted by Gasteiger charge is 2.11. The van der Waals surface area contributed by atoms with Crippen molar-refractivity contribution in [3.8, 4) is 11.5 Å². The van der Waals surface area contributed by atoms with Gasteiger partial charge in [0.2, 0.25) is 0 Å². The summed E-state index contributed by atoms with van der Waals surface area (Å²) < 4.78 is 16.6. The van der Waals surface area contributed by atoms with Gasteiger partial charge in [-0.25, -0.2) is 0 Å². The molecule has 0 spiro atoms. The van der Waals surface area contributed by atoms with Gasteiger partial charge in [-0.05, 0) is 24.3 Å². The number of aliphatic imine (C=N–C) groups is 1. The lowest BCUT2D eigenvalue weighted by molar-refractivity contribution is 0.208. The van der Waals surface area contributed by atoms with Crippen molar-refractivity contribution in [1.29, 1.82) is 0 Å². The first-order chi connectivity index (χ1) is 13.8. The average Bonchev–Trinajstić information content (AvgIpc) is 2.97. The predicted molar refractivity (Wildman–Crippen MR) is 115 cm³/mol. The van der Waals surface area contributed by atoms with Crippen molar-refractivity contribution in [3.63, 3.8) is 0 Å². The minimum Gasteiger partial charge on any atom is -0.490 e. The molecule has 0 amide bonds. The van der Waals surface area contributed by atoms with Crippen LogP contribution in [0.25, 0.3) is 0 Å². The molecule has 6 nitrogen and oxygen atoms in total. The summed E-state index contributed by atoms with van der Waals surface area (Å²) in [5, 5.41) is 6.73. The number of nitrogens with one attached hydrogen (secondary N) is 2. The van der Waals surface area contributed by atoms with Gasteiger partial charge in [0.15, 0.2) is 17.5 Å². The quantitative estimate of drug-likeness (QED) is 0.305. The number of fused-ring (bicyclic) bond motifs is 1. The Hall–Kier alpha value is -2.38. The number of hydrogen-bond donors (Lipinski definition) is 2. The summed E-state index contributed by atoms with van der Waals surface area (Å²) in [4.78, 5) is 5.83. The van der Waals surface area contributed by atoms with Gasteiger partial charge in [0.1, 0.15) is 0 Å². The van der Waals surface area contributed by atoms with Crippen LogP contribution in [0.1, 0.15) is 6.42 Å². The normalized spacial score (nSPS) is 13.7. The van der Waals surface area contributed by atoms with Gasteiger partial charge in [0.25, 0.3) is 0 Å². The number of rotatable bonds is 8. The van der Waals surface area contributed by atoms with Gasteiger partial charge in [-0.2, -0.15) is 0 Å². The maximum atomic E-state index is 5.77. The molecule has 0 radical (unpaired) electrons. The number of guanidine groups is 1. The first-order valence-corrected chi connectivity index (χ1v) is 10.5. The summed E-state index contributed by atoms with van der Waals surface area (Å²) in [6.07, 6.45) is 0.891. The third-order valence-electron chi connectivity index (χ3n) is 3.98. The van der Waals surface area contributed by atoms with Gasteiger partial charge < -0.3 is 24.8 Å². The molecular weight excluding hydrogens is 374 g/mol. The zero-order valence-corrected chi connectivity index (χ0v) is 17.0. The van der Waals surface area contributed by atoms with Crippen LogP contribution >= 0.6 is 11.8 Å². The highest BCUT2D eigenvalue weighted by Crippen LogP contribution is 2.32. The number of anilines is 1. The Balaban J connectivity index is 1.56. The third-order valence-corrected chi connectivity index (χ3v) is 5.00. The second-order valence-electron chi connectivity index (χ2n) is 6.15. The van der Waals surface area contributed by atoms with Crippen molar-refractivity contribution < 1.29 is 14.2 Å². The lowest BCUT2D eigenvalue weighted by atomic mass is 10.3. The van der Waals surface area contributed by atoms with Crippen LogP contribution in [0.4, 0.5) is 5.69 Å². The molecule has 0 saturated carbocycles. The summed E-state index contributed by atoms with van der Waals surface area (Å²) >= 11 is 1.81. The standard InChI is InChI=1S/C21H27N3O3S/c1-25-14-10-22-21(23-11-15-28-18-6-3-2-4-7-18)24-17-8-9-19-20(16-17)27-13-5-12-26-19/h2-4,6-9,16H,5,10-15H2,1H3,(H2,22,23,24). The van der Waals surface area contributed by atoms with E-state index in [9.17, 15) is 0 Å². The molecule has 2 aromatic rings. The van der Waals surface area contributed by atoms with Crippen LogP contribution in [0.3, 0.4) is 0 Å². The SMILES string of the molecule is COCCN=C(NCCSc1ccccc1)Nc1ccc2c(c1)OCCCO2. The minimum absolute atomic E-state index is 0.576. The Kier molecular flexibility index (Phi) is 8.33. The lowest BCUT2D eigenvalue weighted by Crippen LogP contribution is -2.33. The van der Waals surface area contributed by atoms with Crippen molar-refractivity contribution in [3.05, 3.63) is 48.5 Å². The monoisotopic (exact) mass is 401 g/mol. The van der Waals surface area contributed by atoms with Crippen LogP contribution in [0, 0.1) is 0 Å². The number of benzene rings is 2. The molecule has 1 heterocycles. The van der Waals surface area contributed by atoms with Crippen LogP contribution in [-0.4, -0.2) is 51.7 Å². The Morgan fingerprint density at radius 1 is 1.11 bits per heavy atom. The number of thioether (sulfide) groups is 1. The highest BCUT2D eigenvalue weighted by molar-refractivity contribution is 7.99.